The van der Waals surface area contributed by atoms with Gasteiger partial charge in [-0.1, -0.05) is 18.2 Å². The van der Waals surface area contributed by atoms with Gasteiger partial charge in [-0.25, -0.2) is 4.79 Å². The fraction of sp³-hybridized carbons (Fsp3) is 0.385. The molecule has 1 atom stereocenters. The third-order valence-corrected chi connectivity index (χ3v) is 3.08. The number of anilines is 1. The maximum Gasteiger partial charge on any atom is 0.414 e. The van der Waals surface area contributed by atoms with Crippen LogP contribution >= 0.6 is 0 Å². The number of amides is 1. The maximum atomic E-state index is 11.7. The van der Waals surface area contributed by atoms with Crippen LogP contribution in [-0.4, -0.2) is 26.0 Å². The standard InChI is InChI=1S/C13H15NO3/c1-17-13(16)14-8-4-5-10(9-15)11-6-2-3-7-12(11)14/h2-3,6-7,9-10H,4-5,8H2,1H3. The van der Waals surface area contributed by atoms with E-state index in [9.17, 15) is 9.59 Å². The Morgan fingerprint density at radius 1 is 1.47 bits per heavy atom. The molecule has 1 aromatic carbocycles. The van der Waals surface area contributed by atoms with Gasteiger partial charge in [-0.3, -0.25) is 4.90 Å². The van der Waals surface area contributed by atoms with Gasteiger partial charge in [0.25, 0.3) is 0 Å². The summed E-state index contributed by atoms with van der Waals surface area (Å²) in [4.78, 5) is 24.4. The zero-order chi connectivity index (χ0) is 12.3. The minimum atomic E-state index is -0.371. The lowest BCUT2D eigenvalue weighted by atomic mass is 9.96. The molecule has 1 aliphatic heterocycles. The molecule has 0 spiro atoms. The molecule has 4 heteroatoms. The predicted molar refractivity (Wildman–Crippen MR) is 64.2 cm³/mol. The molecule has 1 aliphatic rings. The normalized spacial score (nSPS) is 19.1. The van der Waals surface area contributed by atoms with Crippen molar-refractivity contribution in [2.45, 2.75) is 18.8 Å². The van der Waals surface area contributed by atoms with E-state index in [1.54, 1.807) is 4.90 Å². The zero-order valence-electron chi connectivity index (χ0n) is 9.76. The second-order valence-corrected chi connectivity index (χ2v) is 4.07. The summed E-state index contributed by atoms with van der Waals surface area (Å²) in [6, 6.07) is 7.50. The average molecular weight is 233 g/mol. The number of hydrogen-bond donors (Lipinski definition) is 0. The largest absolute Gasteiger partial charge is 0.452 e. The van der Waals surface area contributed by atoms with Gasteiger partial charge in [0.05, 0.1) is 12.8 Å². The number of methoxy groups -OCH3 is 1. The van der Waals surface area contributed by atoms with E-state index in [1.807, 2.05) is 24.3 Å². The number of ether oxygens (including phenoxy) is 1. The minimum Gasteiger partial charge on any atom is -0.452 e. The maximum absolute atomic E-state index is 11.7. The van der Waals surface area contributed by atoms with Crippen molar-refractivity contribution in [3.63, 3.8) is 0 Å². The van der Waals surface area contributed by atoms with Gasteiger partial charge in [0.15, 0.2) is 0 Å². The van der Waals surface area contributed by atoms with Gasteiger partial charge in [-0.2, -0.15) is 0 Å². The summed E-state index contributed by atoms with van der Waals surface area (Å²) in [7, 11) is 1.37. The molecule has 0 fully saturated rings. The van der Waals surface area contributed by atoms with Crippen molar-refractivity contribution in [3.05, 3.63) is 29.8 Å². The molecular weight excluding hydrogens is 218 g/mol. The van der Waals surface area contributed by atoms with Crippen molar-refractivity contribution in [1.29, 1.82) is 0 Å². The van der Waals surface area contributed by atoms with Crippen LogP contribution < -0.4 is 4.90 Å². The number of benzene rings is 1. The second-order valence-electron chi connectivity index (χ2n) is 4.07. The Morgan fingerprint density at radius 2 is 2.24 bits per heavy atom. The number of para-hydroxylation sites is 1. The molecule has 0 bridgehead atoms. The van der Waals surface area contributed by atoms with Crippen LogP contribution in [0.25, 0.3) is 0 Å². The SMILES string of the molecule is COC(=O)N1CCCC(C=O)c2ccccc21. The third kappa shape index (κ3) is 2.16. The molecule has 17 heavy (non-hydrogen) atoms. The number of carbonyl (C=O) groups excluding carboxylic acids is 2. The highest BCUT2D eigenvalue weighted by atomic mass is 16.5. The van der Waals surface area contributed by atoms with Gasteiger partial charge < -0.3 is 9.53 Å². The van der Waals surface area contributed by atoms with Gasteiger partial charge in [0.2, 0.25) is 0 Å². The first-order chi connectivity index (χ1) is 8.27. The van der Waals surface area contributed by atoms with Crippen LogP contribution in [0.3, 0.4) is 0 Å². The Balaban J connectivity index is 2.45. The van der Waals surface area contributed by atoms with Crippen LogP contribution in [0.4, 0.5) is 10.5 Å². The lowest BCUT2D eigenvalue weighted by Gasteiger charge is -2.21. The van der Waals surface area contributed by atoms with Crippen molar-refractivity contribution >= 4 is 18.1 Å². The molecule has 0 N–H and O–H groups in total. The first-order valence-electron chi connectivity index (χ1n) is 5.67. The molecule has 1 aromatic rings. The molecular formula is C13H15NO3. The summed E-state index contributed by atoms with van der Waals surface area (Å²) in [6.45, 7) is 0.591. The Bertz CT molecular complexity index is 430. The summed E-state index contributed by atoms with van der Waals surface area (Å²) in [5, 5.41) is 0. The van der Waals surface area contributed by atoms with E-state index in [4.69, 9.17) is 4.74 Å². The van der Waals surface area contributed by atoms with Gasteiger partial charge >= 0.3 is 6.09 Å². The van der Waals surface area contributed by atoms with E-state index in [0.29, 0.717) is 6.54 Å². The van der Waals surface area contributed by atoms with Gasteiger partial charge in [0, 0.05) is 12.5 Å². The van der Waals surface area contributed by atoms with Crippen molar-refractivity contribution < 1.29 is 14.3 Å². The van der Waals surface area contributed by atoms with Gasteiger partial charge in [-0.15, -0.1) is 0 Å². The highest BCUT2D eigenvalue weighted by Crippen LogP contribution is 2.33. The lowest BCUT2D eigenvalue weighted by Crippen LogP contribution is -2.31. The first-order valence-corrected chi connectivity index (χ1v) is 5.67. The summed E-state index contributed by atoms with van der Waals surface area (Å²) in [5.74, 6) is -0.124. The summed E-state index contributed by atoms with van der Waals surface area (Å²) in [6.07, 6.45) is 2.16. The topological polar surface area (TPSA) is 46.6 Å². The van der Waals surface area contributed by atoms with Crippen molar-refractivity contribution in [2.75, 3.05) is 18.6 Å². The highest BCUT2D eigenvalue weighted by Gasteiger charge is 2.26. The monoisotopic (exact) mass is 233 g/mol. The van der Waals surface area contributed by atoms with E-state index < -0.39 is 0 Å². The molecule has 0 aromatic heterocycles. The molecule has 1 unspecified atom stereocenters. The van der Waals surface area contributed by atoms with Crippen LogP contribution in [0.5, 0.6) is 0 Å². The zero-order valence-corrected chi connectivity index (χ0v) is 9.76. The van der Waals surface area contributed by atoms with E-state index >= 15 is 0 Å². The van der Waals surface area contributed by atoms with Crippen LogP contribution in [0, 0.1) is 0 Å². The minimum absolute atomic E-state index is 0.124. The smallest absolute Gasteiger partial charge is 0.414 e. The molecule has 2 rings (SSSR count). The number of hydrogen-bond acceptors (Lipinski definition) is 3. The van der Waals surface area contributed by atoms with Crippen LogP contribution in [0.1, 0.15) is 24.3 Å². The summed E-state index contributed by atoms with van der Waals surface area (Å²) in [5.41, 5.74) is 1.69. The van der Waals surface area contributed by atoms with Gasteiger partial charge in [0.1, 0.15) is 6.29 Å². The first kappa shape index (κ1) is 11.6. The third-order valence-electron chi connectivity index (χ3n) is 3.08. The molecule has 1 amide bonds. The Kier molecular flexibility index (Phi) is 3.42. The van der Waals surface area contributed by atoms with Gasteiger partial charge in [-0.05, 0) is 24.5 Å². The number of fused-ring (bicyclic) bond motifs is 1. The fourth-order valence-electron chi connectivity index (χ4n) is 2.23. The number of aldehydes is 1. The van der Waals surface area contributed by atoms with Crippen molar-refractivity contribution in [1.82, 2.24) is 0 Å². The van der Waals surface area contributed by atoms with E-state index in [-0.39, 0.29) is 12.0 Å². The van der Waals surface area contributed by atoms with E-state index in [1.165, 1.54) is 7.11 Å². The van der Waals surface area contributed by atoms with Crippen LogP contribution in [0.2, 0.25) is 0 Å². The van der Waals surface area contributed by atoms with Crippen molar-refractivity contribution in [2.24, 2.45) is 0 Å². The molecule has 0 saturated carbocycles. The average Bonchev–Trinajstić information content (AvgIpc) is 2.57. The van der Waals surface area contributed by atoms with Crippen molar-refractivity contribution in [3.8, 4) is 0 Å². The second kappa shape index (κ2) is 4.99. The molecule has 0 saturated heterocycles. The quantitative estimate of drug-likeness (QED) is 0.699. The molecule has 1 heterocycles. The summed E-state index contributed by atoms with van der Waals surface area (Å²) >= 11 is 0. The molecule has 0 radical (unpaired) electrons. The molecule has 4 nitrogen and oxygen atoms in total. The Labute approximate surface area is 100 Å². The highest BCUT2D eigenvalue weighted by molar-refractivity contribution is 5.90. The fourth-order valence-corrected chi connectivity index (χ4v) is 2.23. The summed E-state index contributed by atoms with van der Waals surface area (Å²) < 4.78 is 4.77. The van der Waals surface area contributed by atoms with E-state index in [0.717, 1.165) is 30.4 Å². The predicted octanol–water partition coefficient (Wildman–Crippen LogP) is 2.34. The van der Waals surface area contributed by atoms with Crippen LogP contribution in [-0.2, 0) is 9.53 Å². The Morgan fingerprint density at radius 3 is 2.94 bits per heavy atom. The van der Waals surface area contributed by atoms with E-state index in [2.05, 4.69) is 0 Å². The number of carbonyl (C=O) groups is 2. The molecule has 90 valence electrons. The lowest BCUT2D eigenvalue weighted by molar-refractivity contribution is -0.109. The number of rotatable bonds is 1. The Hall–Kier alpha value is -1.84. The van der Waals surface area contributed by atoms with Crippen LogP contribution in [0.15, 0.2) is 24.3 Å². The number of nitrogens with zero attached hydrogens (tertiary/aromatic N) is 1. The molecule has 0 aliphatic carbocycles.